The van der Waals surface area contributed by atoms with Crippen molar-refractivity contribution in [2.75, 3.05) is 6.54 Å². The highest BCUT2D eigenvalue weighted by Gasteiger charge is 2.22. The van der Waals surface area contributed by atoms with Crippen LogP contribution in [0.1, 0.15) is 41.0 Å². The quantitative estimate of drug-likeness (QED) is 0.928. The van der Waals surface area contributed by atoms with Gasteiger partial charge in [-0.15, -0.1) is 0 Å². The van der Waals surface area contributed by atoms with Crippen LogP contribution in [-0.4, -0.2) is 16.3 Å². The summed E-state index contributed by atoms with van der Waals surface area (Å²) in [5, 5.41) is 7.98. The van der Waals surface area contributed by atoms with Crippen molar-refractivity contribution >= 4 is 0 Å². The van der Waals surface area contributed by atoms with Crippen molar-refractivity contribution in [2.45, 2.75) is 33.7 Å². The molecule has 1 unspecified atom stereocenters. The molecule has 1 atom stereocenters. The molecule has 1 N–H and O–H groups in total. The maximum atomic E-state index is 13.3. The molecule has 1 aromatic carbocycles. The third-order valence-corrected chi connectivity index (χ3v) is 3.80. The summed E-state index contributed by atoms with van der Waals surface area (Å²) in [5.41, 5.74) is 5.40. The number of benzene rings is 1. The topological polar surface area (TPSA) is 29.9 Å². The molecule has 0 fully saturated rings. The lowest BCUT2D eigenvalue weighted by atomic mass is 9.93. The third-order valence-electron chi connectivity index (χ3n) is 3.80. The van der Waals surface area contributed by atoms with Crippen LogP contribution >= 0.6 is 0 Å². The minimum absolute atomic E-state index is 0.0503. The summed E-state index contributed by atoms with van der Waals surface area (Å²) in [7, 11) is 1.95. The molecule has 108 valence electrons. The zero-order chi connectivity index (χ0) is 14.9. The van der Waals surface area contributed by atoms with Crippen molar-refractivity contribution < 1.29 is 4.39 Å². The van der Waals surface area contributed by atoms with E-state index >= 15 is 0 Å². The highest BCUT2D eigenvalue weighted by atomic mass is 19.1. The number of nitrogens with one attached hydrogen (secondary N) is 1. The van der Waals surface area contributed by atoms with E-state index in [0.29, 0.717) is 0 Å². The van der Waals surface area contributed by atoms with Gasteiger partial charge in [0.25, 0.3) is 0 Å². The van der Waals surface area contributed by atoms with Crippen LogP contribution in [-0.2, 0) is 7.05 Å². The number of halogens is 1. The van der Waals surface area contributed by atoms with Crippen molar-refractivity contribution in [1.82, 2.24) is 15.1 Å². The first-order chi connectivity index (χ1) is 9.45. The maximum Gasteiger partial charge on any atom is 0.123 e. The van der Waals surface area contributed by atoms with E-state index in [1.54, 1.807) is 6.07 Å². The molecule has 2 rings (SSSR count). The first-order valence-corrected chi connectivity index (χ1v) is 6.95. The summed E-state index contributed by atoms with van der Waals surface area (Å²) in [6, 6.07) is 5.02. The third kappa shape index (κ3) is 2.61. The lowest BCUT2D eigenvalue weighted by molar-refractivity contribution is 0.606. The molecule has 0 aliphatic rings. The Kier molecular flexibility index (Phi) is 4.23. The largest absolute Gasteiger partial charge is 0.306 e. The van der Waals surface area contributed by atoms with Gasteiger partial charge in [-0.05, 0) is 50.6 Å². The van der Waals surface area contributed by atoms with Crippen LogP contribution in [0.15, 0.2) is 18.2 Å². The van der Waals surface area contributed by atoms with Crippen molar-refractivity contribution in [2.24, 2.45) is 7.05 Å². The molecule has 0 amide bonds. The Morgan fingerprint density at radius 2 is 2.00 bits per heavy atom. The summed E-state index contributed by atoms with van der Waals surface area (Å²) in [4.78, 5) is 0. The Hall–Kier alpha value is -1.68. The molecule has 0 aliphatic carbocycles. The Morgan fingerprint density at radius 3 is 2.50 bits per heavy atom. The first kappa shape index (κ1) is 14.7. The summed E-state index contributed by atoms with van der Waals surface area (Å²) < 4.78 is 15.2. The van der Waals surface area contributed by atoms with Gasteiger partial charge in [-0.3, -0.25) is 4.68 Å². The number of hydrogen-bond donors (Lipinski definition) is 1. The van der Waals surface area contributed by atoms with Crippen LogP contribution < -0.4 is 5.32 Å². The summed E-state index contributed by atoms with van der Waals surface area (Å²) in [5.74, 6) is -0.193. The van der Waals surface area contributed by atoms with E-state index in [4.69, 9.17) is 0 Å². The molecule has 0 spiro atoms. The van der Waals surface area contributed by atoms with Gasteiger partial charge < -0.3 is 5.32 Å². The minimum Gasteiger partial charge on any atom is -0.306 e. The van der Waals surface area contributed by atoms with Crippen LogP contribution in [0.4, 0.5) is 4.39 Å². The second-order valence-corrected chi connectivity index (χ2v) is 5.20. The van der Waals surface area contributed by atoms with E-state index in [0.717, 1.165) is 29.1 Å². The zero-order valence-electron chi connectivity index (χ0n) is 12.8. The van der Waals surface area contributed by atoms with E-state index in [2.05, 4.69) is 24.3 Å². The summed E-state index contributed by atoms with van der Waals surface area (Å²) >= 11 is 0. The average molecular weight is 275 g/mol. The number of rotatable bonds is 4. The zero-order valence-corrected chi connectivity index (χ0v) is 12.8. The molecule has 0 aliphatic heterocycles. The van der Waals surface area contributed by atoms with Gasteiger partial charge in [-0.25, -0.2) is 4.39 Å². The van der Waals surface area contributed by atoms with Crippen molar-refractivity contribution in [1.29, 1.82) is 0 Å². The molecule has 0 radical (unpaired) electrons. The fourth-order valence-electron chi connectivity index (χ4n) is 2.74. The van der Waals surface area contributed by atoms with Gasteiger partial charge in [-0.2, -0.15) is 5.10 Å². The summed E-state index contributed by atoms with van der Waals surface area (Å²) in [6.45, 7) is 8.95. The van der Waals surface area contributed by atoms with Gasteiger partial charge in [0, 0.05) is 18.3 Å². The average Bonchev–Trinajstić information content (AvgIpc) is 2.62. The lowest BCUT2D eigenvalue weighted by Gasteiger charge is -2.21. The number of aromatic nitrogens is 2. The minimum atomic E-state index is -0.193. The van der Waals surface area contributed by atoms with Crippen LogP contribution in [0.25, 0.3) is 0 Å². The molecule has 20 heavy (non-hydrogen) atoms. The van der Waals surface area contributed by atoms with Gasteiger partial charge in [0.2, 0.25) is 0 Å². The molecule has 0 saturated carbocycles. The fourth-order valence-corrected chi connectivity index (χ4v) is 2.74. The van der Waals surface area contributed by atoms with Crippen LogP contribution in [0.5, 0.6) is 0 Å². The normalized spacial score (nSPS) is 12.7. The fraction of sp³-hybridized carbons (Fsp3) is 0.438. The van der Waals surface area contributed by atoms with Gasteiger partial charge in [0.05, 0.1) is 11.7 Å². The molecular weight excluding hydrogens is 253 g/mol. The molecule has 1 heterocycles. The molecule has 3 nitrogen and oxygen atoms in total. The van der Waals surface area contributed by atoms with Gasteiger partial charge in [-0.1, -0.05) is 13.0 Å². The van der Waals surface area contributed by atoms with E-state index in [9.17, 15) is 4.39 Å². The van der Waals surface area contributed by atoms with Crippen LogP contribution in [0, 0.1) is 26.6 Å². The lowest BCUT2D eigenvalue weighted by Crippen LogP contribution is -2.24. The highest BCUT2D eigenvalue weighted by Crippen LogP contribution is 2.29. The van der Waals surface area contributed by atoms with Crippen molar-refractivity contribution in [3.05, 3.63) is 52.1 Å². The first-order valence-electron chi connectivity index (χ1n) is 6.95. The molecule has 2 aromatic rings. The van der Waals surface area contributed by atoms with Gasteiger partial charge in [0.15, 0.2) is 0 Å². The molecule has 0 bridgehead atoms. The Morgan fingerprint density at radius 1 is 1.30 bits per heavy atom. The van der Waals surface area contributed by atoms with E-state index in [-0.39, 0.29) is 11.9 Å². The molecule has 0 saturated heterocycles. The second-order valence-electron chi connectivity index (χ2n) is 5.20. The van der Waals surface area contributed by atoms with Crippen molar-refractivity contribution in [3.8, 4) is 0 Å². The van der Waals surface area contributed by atoms with E-state index in [1.165, 1.54) is 11.6 Å². The molecular formula is C16H22FN3. The standard InChI is InChI=1S/C16H22FN3/c1-6-18-16(14-8-7-13(17)9-10(14)2)15-11(3)19-20(5)12(15)4/h7-9,16,18H,6H2,1-5H3. The molecule has 1 aromatic heterocycles. The highest BCUT2D eigenvalue weighted by molar-refractivity contribution is 5.40. The van der Waals surface area contributed by atoms with E-state index in [1.807, 2.05) is 31.6 Å². The van der Waals surface area contributed by atoms with Crippen molar-refractivity contribution in [3.63, 3.8) is 0 Å². The Balaban J connectivity index is 2.56. The predicted octanol–water partition coefficient (Wildman–Crippen LogP) is 3.18. The maximum absolute atomic E-state index is 13.3. The van der Waals surface area contributed by atoms with Crippen LogP contribution in [0.3, 0.4) is 0 Å². The monoisotopic (exact) mass is 275 g/mol. The molecule has 4 heteroatoms. The number of hydrogen-bond acceptors (Lipinski definition) is 2. The van der Waals surface area contributed by atoms with Gasteiger partial charge >= 0.3 is 0 Å². The SMILES string of the molecule is CCNC(c1ccc(F)cc1C)c1c(C)nn(C)c1C. The smallest absolute Gasteiger partial charge is 0.123 e. The number of aryl methyl sites for hydroxylation is 3. The predicted molar refractivity (Wildman–Crippen MR) is 79.3 cm³/mol. The Bertz CT molecular complexity index is 616. The number of nitrogens with zero attached hydrogens (tertiary/aromatic N) is 2. The summed E-state index contributed by atoms with van der Waals surface area (Å²) in [6.07, 6.45) is 0. The van der Waals surface area contributed by atoms with E-state index < -0.39 is 0 Å². The van der Waals surface area contributed by atoms with Gasteiger partial charge in [0.1, 0.15) is 5.82 Å². The second kappa shape index (κ2) is 5.75. The van der Waals surface area contributed by atoms with Crippen LogP contribution in [0.2, 0.25) is 0 Å². The Labute approximate surface area is 119 Å².